The fourth-order valence-corrected chi connectivity index (χ4v) is 6.01. The lowest BCUT2D eigenvalue weighted by Crippen LogP contribution is -2.46. The molecule has 5 rings (SSSR count). The van der Waals surface area contributed by atoms with Crippen molar-refractivity contribution in [3.05, 3.63) is 87.5 Å². The molecule has 0 unspecified atom stereocenters. The number of nitrogens with zero attached hydrogens (tertiary/aromatic N) is 3. The molecule has 0 saturated heterocycles. The number of hydrogen-bond donors (Lipinski definition) is 2. The predicted molar refractivity (Wildman–Crippen MR) is 151 cm³/mol. The van der Waals surface area contributed by atoms with Crippen LogP contribution in [0.3, 0.4) is 0 Å². The van der Waals surface area contributed by atoms with Gasteiger partial charge in [0.25, 0.3) is 5.56 Å². The highest BCUT2D eigenvalue weighted by Crippen LogP contribution is 2.36. The van der Waals surface area contributed by atoms with Crippen LogP contribution in [-0.2, 0) is 34.6 Å². The number of hydrogen-bond acceptors (Lipinski definition) is 6. The lowest BCUT2D eigenvalue weighted by atomic mass is 9.95. The maximum atomic E-state index is 13.2. The highest BCUT2D eigenvalue weighted by Gasteiger charge is 2.41. The molecule has 2 aromatic heterocycles. The number of rotatable bonds is 9. The van der Waals surface area contributed by atoms with Gasteiger partial charge in [0.1, 0.15) is 25.8 Å². The second-order valence-corrected chi connectivity index (χ2v) is 16.9. The van der Waals surface area contributed by atoms with Gasteiger partial charge in [-0.3, -0.25) is 9.79 Å². The van der Waals surface area contributed by atoms with Gasteiger partial charge in [0.2, 0.25) is 0 Å². The number of anilines is 1. The highest BCUT2D eigenvalue weighted by molar-refractivity contribution is 6.76. The van der Waals surface area contributed by atoms with Crippen LogP contribution >= 0.6 is 0 Å². The topological polar surface area (TPSA) is 113 Å². The van der Waals surface area contributed by atoms with Crippen molar-refractivity contribution >= 4 is 25.7 Å². The van der Waals surface area contributed by atoms with Crippen LogP contribution in [0.25, 0.3) is 0 Å². The first-order chi connectivity index (χ1) is 18.2. The fourth-order valence-electron chi connectivity index (χ4n) is 5.25. The Morgan fingerprint density at radius 1 is 1.13 bits per heavy atom. The monoisotopic (exact) mass is 533 g/mol. The van der Waals surface area contributed by atoms with Gasteiger partial charge < -0.3 is 29.7 Å². The molecular formula is C28H35N5O4Si. The number of aliphatic imine (C=N–C) groups is 1. The number of fused-ring (bicyclic) bond motifs is 2. The third-order valence-corrected chi connectivity index (χ3v) is 8.97. The summed E-state index contributed by atoms with van der Waals surface area (Å²) >= 11 is 0. The molecule has 200 valence electrons. The zero-order valence-electron chi connectivity index (χ0n) is 22.2. The summed E-state index contributed by atoms with van der Waals surface area (Å²) in [5.74, 6) is 0.945. The molecule has 3 heterocycles. The Balaban J connectivity index is 1.44. The van der Waals surface area contributed by atoms with Crippen LogP contribution in [0.4, 0.5) is 10.6 Å². The Hall–Kier alpha value is -3.63. The van der Waals surface area contributed by atoms with Crippen LogP contribution in [-0.4, -0.2) is 48.9 Å². The molecule has 0 fully saturated rings. The van der Waals surface area contributed by atoms with Gasteiger partial charge in [0, 0.05) is 57.1 Å². The number of aromatic nitrogens is 2. The number of primary amides is 1. The molecule has 1 aliphatic heterocycles. The minimum absolute atomic E-state index is 0.00476. The zero-order valence-corrected chi connectivity index (χ0v) is 23.2. The number of pyridine rings is 1. The molecule has 0 bridgehead atoms. The van der Waals surface area contributed by atoms with Crippen LogP contribution < -0.4 is 16.6 Å². The first-order valence-electron chi connectivity index (χ1n) is 12.9. The van der Waals surface area contributed by atoms with Crippen molar-refractivity contribution < 1.29 is 14.3 Å². The molecule has 3 N–H and O–H groups in total. The molecule has 1 aromatic carbocycles. The lowest BCUT2D eigenvalue weighted by Gasteiger charge is -2.31. The molecule has 1 aliphatic carbocycles. The summed E-state index contributed by atoms with van der Waals surface area (Å²) in [6.07, 6.45) is 4.10. The fraction of sp³-hybridized carbons (Fsp3) is 0.393. The molecule has 0 saturated carbocycles. The first-order valence-corrected chi connectivity index (χ1v) is 16.6. The third kappa shape index (κ3) is 5.32. The second-order valence-electron chi connectivity index (χ2n) is 11.3. The molecule has 0 atom stereocenters. The Labute approximate surface area is 223 Å². The Bertz CT molecular complexity index is 1410. The van der Waals surface area contributed by atoms with E-state index in [2.05, 4.69) is 29.5 Å². The minimum Gasteiger partial charge on any atom is -0.447 e. The normalized spacial score (nSPS) is 15.8. The van der Waals surface area contributed by atoms with Gasteiger partial charge in [-0.25, -0.2) is 4.79 Å². The zero-order chi connectivity index (χ0) is 26.9. The smallest absolute Gasteiger partial charge is 0.404 e. The highest BCUT2D eigenvalue weighted by atomic mass is 28.3. The van der Waals surface area contributed by atoms with E-state index in [9.17, 15) is 9.59 Å². The average Bonchev–Trinajstić information content (AvgIpc) is 3.47. The van der Waals surface area contributed by atoms with Crippen LogP contribution in [0.5, 0.6) is 0 Å². The van der Waals surface area contributed by atoms with E-state index in [1.807, 2.05) is 42.7 Å². The maximum absolute atomic E-state index is 13.2. The molecule has 1 amide bonds. The molecule has 3 aromatic rings. The van der Waals surface area contributed by atoms with Crippen molar-refractivity contribution in [2.45, 2.75) is 50.8 Å². The minimum atomic E-state index is -1.16. The maximum Gasteiger partial charge on any atom is 0.404 e. The predicted octanol–water partition coefficient (Wildman–Crippen LogP) is 3.77. The van der Waals surface area contributed by atoms with Gasteiger partial charge in [0.15, 0.2) is 0 Å². The number of ether oxygens (including phenoxy) is 2. The average molecular weight is 534 g/mol. The molecule has 2 aliphatic rings. The summed E-state index contributed by atoms with van der Waals surface area (Å²) in [6.45, 7) is 8.65. The van der Waals surface area contributed by atoms with E-state index in [1.54, 1.807) is 16.7 Å². The van der Waals surface area contributed by atoms with Crippen LogP contribution in [0.15, 0.2) is 64.6 Å². The van der Waals surface area contributed by atoms with Crippen molar-refractivity contribution in [3.63, 3.8) is 0 Å². The molecule has 9 nitrogen and oxygen atoms in total. The Morgan fingerprint density at radius 2 is 1.87 bits per heavy atom. The van der Waals surface area contributed by atoms with E-state index in [1.165, 1.54) is 0 Å². The SMILES string of the molecule is C[Si](C)(C)CCOCn1ccc2c1NCN=C2c1ccc(=O)n(C2(COC(N)=O)Cc3ccccc3C2)c1. The van der Waals surface area contributed by atoms with Crippen molar-refractivity contribution in [1.82, 2.24) is 9.13 Å². The molecule has 38 heavy (non-hydrogen) atoms. The molecular weight excluding hydrogens is 498 g/mol. The van der Waals surface area contributed by atoms with Crippen LogP contribution in [0.2, 0.25) is 25.7 Å². The van der Waals surface area contributed by atoms with E-state index < -0.39 is 19.7 Å². The van der Waals surface area contributed by atoms with Gasteiger partial charge >= 0.3 is 6.09 Å². The van der Waals surface area contributed by atoms with Gasteiger partial charge in [-0.05, 0) is 29.3 Å². The quantitative estimate of drug-likeness (QED) is 0.321. The summed E-state index contributed by atoms with van der Waals surface area (Å²) < 4.78 is 15.0. The van der Waals surface area contributed by atoms with Gasteiger partial charge in [-0.2, -0.15) is 0 Å². The van der Waals surface area contributed by atoms with Crippen molar-refractivity contribution in [1.29, 1.82) is 0 Å². The van der Waals surface area contributed by atoms with Crippen molar-refractivity contribution in [2.75, 3.05) is 25.2 Å². The van der Waals surface area contributed by atoms with E-state index >= 15 is 0 Å². The number of nitrogens with one attached hydrogen (secondary N) is 1. The number of carbonyl (C=O) groups excluding carboxylic acids is 1. The largest absolute Gasteiger partial charge is 0.447 e. The molecule has 10 heteroatoms. The summed E-state index contributed by atoms with van der Waals surface area (Å²) in [7, 11) is -1.16. The van der Waals surface area contributed by atoms with Gasteiger partial charge in [-0.15, -0.1) is 0 Å². The van der Waals surface area contributed by atoms with Gasteiger partial charge in [0.05, 0.1) is 11.3 Å². The van der Waals surface area contributed by atoms with E-state index in [0.29, 0.717) is 26.2 Å². The summed E-state index contributed by atoms with van der Waals surface area (Å²) in [5, 5.41) is 3.37. The van der Waals surface area contributed by atoms with Gasteiger partial charge in [-0.1, -0.05) is 43.9 Å². The van der Waals surface area contributed by atoms with Crippen LogP contribution in [0.1, 0.15) is 22.3 Å². The second kappa shape index (κ2) is 10.3. The summed E-state index contributed by atoms with van der Waals surface area (Å²) in [6, 6.07) is 14.6. The number of benzene rings is 1. The van der Waals surface area contributed by atoms with Crippen molar-refractivity contribution in [3.8, 4) is 0 Å². The third-order valence-electron chi connectivity index (χ3n) is 7.27. The van der Waals surface area contributed by atoms with E-state index in [-0.39, 0.29) is 12.2 Å². The standard InChI is InChI=1S/C28H35N5O4Si/c1-38(2,3)13-12-36-19-32-11-10-23-25(30-18-31-26(23)32)22-8-9-24(34)33(16-22)28(17-37-27(29)35)14-20-6-4-5-7-21(20)15-28/h4-11,16,31H,12-15,17-19H2,1-3H3,(H2,29,35). The van der Waals surface area contributed by atoms with E-state index in [0.717, 1.165) is 46.4 Å². The van der Waals surface area contributed by atoms with Crippen molar-refractivity contribution in [2.24, 2.45) is 10.7 Å². The Kier molecular flexibility index (Phi) is 7.02. The molecule has 0 spiro atoms. The summed E-state index contributed by atoms with van der Waals surface area (Å²) in [5.41, 5.74) is 9.23. The van der Waals surface area contributed by atoms with Crippen LogP contribution in [0, 0.1) is 0 Å². The molecule has 0 radical (unpaired) electrons. The van der Waals surface area contributed by atoms with E-state index in [4.69, 9.17) is 20.2 Å². The number of amides is 1. The summed E-state index contributed by atoms with van der Waals surface area (Å²) in [4.78, 5) is 29.5. The number of nitrogens with two attached hydrogens (primary N) is 1. The number of carbonyl (C=O) groups is 1. The first kappa shape index (κ1) is 26.0. The Morgan fingerprint density at radius 3 is 2.55 bits per heavy atom. The lowest BCUT2D eigenvalue weighted by molar-refractivity contribution is 0.0887.